The van der Waals surface area contributed by atoms with Gasteiger partial charge >= 0.3 is 0 Å². The van der Waals surface area contributed by atoms with Crippen LogP contribution in [0.2, 0.25) is 0 Å². The molecule has 2 saturated heterocycles. The molecule has 4 nitrogen and oxygen atoms in total. The van der Waals surface area contributed by atoms with Gasteiger partial charge in [0, 0.05) is 25.0 Å². The largest absolute Gasteiger partial charge is 0.373 e. The molecule has 3 unspecified atom stereocenters. The van der Waals surface area contributed by atoms with Crippen LogP contribution < -0.4 is 5.32 Å². The van der Waals surface area contributed by atoms with Crippen LogP contribution in [0.4, 0.5) is 0 Å². The van der Waals surface area contributed by atoms with Gasteiger partial charge in [-0.3, -0.25) is 0 Å². The first kappa shape index (κ1) is 12.1. The van der Waals surface area contributed by atoms with E-state index in [1.807, 2.05) is 16.9 Å². The molecule has 1 aromatic carbocycles. The molecule has 2 aliphatic rings. The molecule has 1 N–H and O–H groups in total. The van der Waals surface area contributed by atoms with E-state index in [1.165, 1.54) is 24.8 Å². The van der Waals surface area contributed by atoms with E-state index >= 15 is 0 Å². The standard InChI is InChI=1S/C16H19N3O/c1-8-18-19(9-1)13-4-2-12(3-5-13)11-17-15-10-14-6-7-16(15)20-14/h1-5,8-9,14-17H,6-7,10-11H2. The second-order valence-corrected chi connectivity index (χ2v) is 5.71. The number of nitrogens with zero attached hydrogens (tertiary/aromatic N) is 2. The normalized spacial score (nSPS) is 28.1. The van der Waals surface area contributed by atoms with Gasteiger partial charge < -0.3 is 10.1 Å². The first-order valence-corrected chi connectivity index (χ1v) is 7.36. The van der Waals surface area contributed by atoms with Crippen molar-refractivity contribution in [1.82, 2.24) is 15.1 Å². The van der Waals surface area contributed by atoms with E-state index < -0.39 is 0 Å². The van der Waals surface area contributed by atoms with E-state index in [0.29, 0.717) is 18.2 Å². The Morgan fingerprint density at radius 3 is 2.80 bits per heavy atom. The predicted molar refractivity (Wildman–Crippen MR) is 76.7 cm³/mol. The summed E-state index contributed by atoms with van der Waals surface area (Å²) in [7, 11) is 0. The second kappa shape index (κ2) is 5.04. The minimum absolute atomic E-state index is 0.448. The van der Waals surface area contributed by atoms with Gasteiger partial charge in [-0.05, 0) is 43.0 Å². The van der Waals surface area contributed by atoms with Gasteiger partial charge in [-0.15, -0.1) is 0 Å². The Hall–Kier alpha value is -1.65. The maximum absolute atomic E-state index is 5.87. The molecule has 4 rings (SSSR count). The average Bonchev–Trinajstić information content (AvgIpc) is 3.22. The Kier molecular flexibility index (Phi) is 3.05. The molecule has 3 heterocycles. The zero-order valence-electron chi connectivity index (χ0n) is 11.4. The van der Waals surface area contributed by atoms with E-state index in [1.54, 1.807) is 6.20 Å². The van der Waals surface area contributed by atoms with Crippen molar-refractivity contribution < 1.29 is 4.74 Å². The molecule has 4 heteroatoms. The second-order valence-electron chi connectivity index (χ2n) is 5.71. The highest BCUT2D eigenvalue weighted by molar-refractivity contribution is 5.33. The molecule has 0 amide bonds. The van der Waals surface area contributed by atoms with E-state index in [0.717, 1.165) is 12.2 Å². The van der Waals surface area contributed by atoms with Gasteiger partial charge in [-0.25, -0.2) is 4.68 Å². The zero-order chi connectivity index (χ0) is 13.4. The molecule has 104 valence electrons. The molecule has 0 aliphatic carbocycles. The molecule has 0 spiro atoms. The van der Waals surface area contributed by atoms with Crippen LogP contribution >= 0.6 is 0 Å². The molecule has 3 atom stereocenters. The molecule has 2 bridgehead atoms. The highest BCUT2D eigenvalue weighted by Crippen LogP contribution is 2.34. The number of fused-ring (bicyclic) bond motifs is 2. The van der Waals surface area contributed by atoms with Crippen molar-refractivity contribution in [3.05, 3.63) is 48.3 Å². The molecule has 2 aromatic rings. The summed E-state index contributed by atoms with van der Waals surface area (Å²) in [5.74, 6) is 0. The molecule has 2 aliphatic heterocycles. The van der Waals surface area contributed by atoms with Crippen molar-refractivity contribution in [3.8, 4) is 5.69 Å². The third-order valence-electron chi connectivity index (χ3n) is 4.38. The van der Waals surface area contributed by atoms with Crippen LogP contribution in [0.5, 0.6) is 0 Å². The molecule has 1 aromatic heterocycles. The maximum Gasteiger partial charge on any atom is 0.0733 e. The number of hydrogen-bond acceptors (Lipinski definition) is 3. The monoisotopic (exact) mass is 269 g/mol. The van der Waals surface area contributed by atoms with Crippen molar-refractivity contribution in [1.29, 1.82) is 0 Å². The summed E-state index contributed by atoms with van der Waals surface area (Å²) in [6.45, 7) is 0.913. The lowest BCUT2D eigenvalue weighted by molar-refractivity contribution is 0.0973. The minimum atomic E-state index is 0.448. The van der Waals surface area contributed by atoms with E-state index in [-0.39, 0.29) is 0 Å². The summed E-state index contributed by atoms with van der Waals surface area (Å²) in [4.78, 5) is 0. The van der Waals surface area contributed by atoms with Gasteiger partial charge in [0.1, 0.15) is 0 Å². The van der Waals surface area contributed by atoms with Crippen LogP contribution in [0, 0.1) is 0 Å². The molecular formula is C16H19N3O. The zero-order valence-corrected chi connectivity index (χ0v) is 11.4. The van der Waals surface area contributed by atoms with Gasteiger partial charge in [-0.1, -0.05) is 12.1 Å². The number of nitrogens with one attached hydrogen (secondary N) is 1. The lowest BCUT2D eigenvalue weighted by Gasteiger charge is -2.20. The fourth-order valence-corrected chi connectivity index (χ4v) is 3.29. The maximum atomic E-state index is 5.87. The van der Waals surface area contributed by atoms with E-state index in [4.69, 9.17) is 4.74 Å². The summed E-state index contributed by atoms with van der Waals surface area (Å²) >= 11 is 0. The minimum Gasteiger partial charge on any atom is -0.373 e. The third kappa shape index (κ3) is 2.25. The fraction of sp³-hybridized carbons (Fsp3) is 0.438. The molecule has 20 heavy (non-hydrogen) atoms. The van der Waals surface area contributed by atoms with Crippen molar-refractivity contribution in [2.45, 2.75) is 44.1 Å². The smallest absolute Gasteiger partial charge is 0.0733 e. The third-order valence-corrected chi connectivity index (χ3v) is 4.38. The Morgan fingerprint density at radius 2 is 2.15 bits per heavy atom. The number of hydrogen-bond donors (Lipinski definition) is 1. The summed E-state index contributed by atoms with van der Waals surface area (Å²) in [6.07, 6.45) is 8.37. The molecule has 0 radical (unpaired) electrons. The summed E-state index contributed by atoms with van der Waals surface area (Å²) in [5.41, 5.74) is 2.41. The highest BCUT2D eigenvalue weighted by Gasteiger charge is 2.40. The molecule has 2 fully saturated rings. The van der Waals surface area contributed by atoms with Gasteiger partial charge in [0.25, 0.3) is 0 Å². The number of aromatic nitrogens is 2. The number of ether oxygens (including phenoxy) is 1. The van der Waals surface area contributed by atoms with Crippen LogP contribution in [0.1, 0.15) is 24.8 Å². The van der Waals surface area contributed by atoms with Crippen LogP contribution in [-0.4, -0.2) is 28.0 Å². The summed E-state index contributed by atoms with van der Waals surface area (Å²) in [5, 5.41) is 7.87. The topological polar surface area (TPSA) is 39.1 Å². The van der Waals surface area contributed by atoms with E-state index in [2.05, 4.69) is 34.7 Å². The SMILES string of the molecule is c1cnn(-c2ccc(CNC3CC4CCC3O4)cc2)c1. The Labute approximate surface area is 118 Å². The first-order chi connectivity index (χ1) is 9.88. The fourth-order valence-electron chi connectivity index (χ4n) is 3.29. The average molecular weight is 269 g/mol. The quantitative estimate of drug-likeness (QED) is 0.925. The van der Waals surface area contributed by atoms with Crippen molar-refractivity contribution in [3.63, 3.8) is 0 Å². The Morgan fingerprint density at radius 1 is 1.25 bits per heavy atom. The number of benzene rings is 1. The lowest BCUT2D eigenvalue weighted by atomic mass is 9.95. The van der Waals surface area contributed by atoms with Gasteiger partial charge in [0.2, 0.25) is 0 Å². The van der Waals surface area contributed by atoms with Gasteiger partial charge in [0.05, 0.1) is 17.9 Å². The van der Waals surface area contributed by atoms with Crippen LogP contribution in [0.3, 0.4) is 0 Å². The number of rotatable bonds is 4. The summed E-state index contributed by atoms with van der Waals surface area (Å²) < 4.78 is 7.74. The molecule has 0 saturated carbocycles. The van der Waals surface area contributed by atoms with Gasteiger partial charge in [0.15, 0.2) is 0 Å². The Balaban J connectivity index is 1.37. The van der Waals surface area contributed by atoms with Gasteiger partial charge in [-0.2, -0.15) is 5.10 Å². The Bertz CT molecular complexity index is 564. The predicted octanol–water partition coefficient (Wildman–Crippen LogP) is 2.28. The highest BCUT2D eigenvalue weighted by atomic mass is 16.5. The van der Waals surface area contributed by atoms with E-state index in [9.17, 15) is 0 Å². The van der Waals surface area contributed by atoms with Crippen molar-refractivity contribution in [2.75, 3.05) is 0 Å². The van der Waals surface area contributed by atoms with Crippen LogP contribution in [0.15, 0.2) is 42.7 Å². The summed E-state index contributed by atoms with van der Waals surface area (Å²) in [6, 6.07) is 11.0. The van der Waals surface area contributed by atoms with Crippen molar-refractivity contribution >= 4 is 0 Å². The molecular weight excluding hydrogens is 250 g/mol. The lowest BCUT2D eigenvalue weighted by Crippen LogP contribution is -2.36. The first-order valence-electron chi connectivity index (χ1n) is 7.36. The van der Waals surface area contributed by atoms with Crippen molar-refractivity contribution in [2.24, 2.45) is 0 Å². The van der Waals surface area contributed by atoms with Crippen LogP contribution in [0.25, 0.3) is 5.69 Å². The van der Waals surface area contributed by atoms with Crippen LogP contribution in [-0.2, 0) is 11.3 Å².